The van der Waals surface area contributed by atoms with E-state index >= 15 is 0 Å². The molecule has 160 valence electrons. The van der Waals surface area contributed by atoms with Crippen molar-refractivity contribution < 1.29 is 18.0 Å². The van der Waals surface area contributed by atoms with Gasteiger partial charge in [-0.15, -0.1) is 0 Å². The van der Waals surface area contributed by atoms with Gasteiger partial charge in [-0.1, -0.05) is 72.8 Å². The van der Waals surface area contributed by atoms with E-state index in [2.05, 4.69) is 10.0 Å². The van der Waals surface area contributed by atoms with Crippen molar-refractivity contribution >= 4 is 21.7 Å². The van der Waals surface area contributed by atoms with Gasteiger partial charge in [0.1, 0.15) is 0 Å². The highest BCUT2D eigenvalue weighted by Crippen LogP contribution is 2.21. The standard InChI is InChI=1S/C24H24N2O4S/c1-18(27)21-13-8-14-22(17-21)31(29,30)25-16-15-23(28)26-24(19-9-4-2-5-10-19)20-11-6-3-7-12-20/h2-14,17,24-25H,15-16H2,1H3,(H,26,28). The van der Waals surface area contributed by atoms with Crippen LogP contribution in [0, 0.1) is 0 Å². The number of Topliss-reactive ketones (excluding diaryl/α,β-unsaturated/α-hetero) is 1. The van der Waals surface area contributed by atoms with Crippen LogP contribution in [-0.2, 0) is 14.8 Å². The number of amides is 1. The number of benzene rings is 3. The maximum atomic E-state index is 12.6. The lowest BCUT2D eigenvalue weighted by molar-refractivity contribution is -0.121. The van der Waals surface area contributed by atoms with Gasteiger partial charge in [-0.25, -0.2) is 13.1 Å². The fourth-order valence-electron chi connectivity index (χ4n) is 3.15. The highest BCUT2D eigenvalue weighted by molar-refractivity contribution is 7.89. The number of hydrogen-bond donors (Lipinski definition) is 2. The molecule has 2 N–H and O–H groups in total. The Morgan fingerprint density at radius 3 is 1.97 bits per heavy atom. The van der Waals surface area contributed by atoms with Crippen molar-refractivity contribution in [2.45, 2.75) is 24.3 Å². The summed E-state index contributed by atoms with van der Waals surface area (Å²) < 4.78 is 27.4. The van der Waals surface area contributed by atoms with Gasteiger partial charge in [0.25, 0.3) is 0 Å². The highest BCUT2D eigenvalue weighted by atomic mass is 32.2. The number of carbonyl (C=O) groups excluding carboxylic acids is 2. The second-order valence-corrected chi connectivity index (χ2v) is 8.82. The summed E-state index contributed by atoms with van der Waals surface area (Å²) >= 11 is 0. The molecule has 0 aliphatic rings. The normalized spacial score (nSPS) is 11.3. The third-order valence-electron chi connectivity index (χ3n) is 4.77. The Kier molecular flexibility index (Phi) is 7.33. The van der Waals surface area contributed by atoms with E-state index < -0.39 is 10.0 Å². The van der Waals surface area contributed by atoms with Crippen LogP contribution in [0.3, 0.4) is 0 Å². The van der Waals surface area contributed by atoms with Crippen LogP contribution in [0.4, 0.5) is 0 Å². The quantitative estimate of drug-likeness (QED) is 0.503. The van der Waals surface area contributed by atoms with Crippen molar-refractivity contribution in [3.63, 3.8) is 0 Å². The molecule has 0 unspecified atom stereocenters. The van der Waals surface area contributed by atoms with E-state index in [4.69, 9.17) is 0 Å². The van der Waals surface area contributed by atoms with Gasteiger partial charge in [0.2, 0.25) is 15.9 Å². The first-order chi connectivity index (χ1) is 14.9. The smallest absolute Gasteiger partial charge is 0.240 e. The molecular formula is C24H24N2O4S. The fraction of sp³-hybridized carbons (Fsp3) is 0.167. The van der Waals surface area contributed by atoms with Gasteiger partial charge < -0.3 is 5.32 Å². The van der Waals surface area contributed by atoms with Gasteiger partial charge in [-0.2, -0.15) is 0 Å². The van der Waals surface area contributed by atoms with E-state index in [1.54, 1.807) is 6.07 Å². The number of rotatable bonds is 9. The topological polar surface area (TPSA) is 92.3 Å². The van der Waals surface area contributed by atoms with Crippen LogP contribution in [0.1, 0.15) is 40.9 Å². The van der Waals surface area contributed by atoms with E-state index in [1.165, 1.54) is 25.1 Å². The summed E-state index contributed by atoms with van der Waals surface area (Å²) in [6.07, 6.45) is -0.0260. The molecule has 0 heterocycles. The second-order valence-electron chi connectivity index (χ2n) is 7.05. The number of ketones is 1. The minimum Gasteiger partial charge on any atom is -0.345 e. The first kappa shape index (κ1) is 22.4. The van der Waals surface area contributed by atoms with Crippen molar-refractivity contribution in [2.24, 2.45) is 0 Å². The Hall–Kier alpha value is -3.29. The van der Waals surface area contributed by atoms with Crippen molar-refractivity contribution in [1.29, 1.82) is 0 Å². The van der Waals surface area contributed by atoms with Crippen LogP contribution in [0.2, 0.25) is 0 Å². The Morgan fingerprint density at radius 2 is 1.42 bits per heavy atom. The molecule has 0 spiro atoms. The van der Waals surface area contributed by atoms with Crippen LogP contribution in [0.25, 0.3) is 0 Å². The summed E-state index contributed by atoms with van der Waals surface area (Å²) in [7, 11) is -3.83. The summed E-state index contributed by atoms with van der Waals surface area (Å²) in [5, 5.41) is 2.98. The molecule has 0 atom stereocenters. The molecule has 0 aliphatic heterocycles. The lowest BCUT2D eigenvalue weighted by atomic mass is 9.98. The maximum Gasteiger partial charge on any atom is 0.240 e. The zero-order chi connectivity index (χ0) is 22.3. The lowest BCUT2D eigenvalue weighted by Gasteiger charge is -2.20. The SMILES string of the molecule is CC(=O)c1cccc(S(=O)(=O)NCCC(=O)NC(c2ccccc2)c2ccccc2)c1. The minimum atomic E-state index is -3.83. The summed E-state index contributed by atoms with van der Waals surface area (Å²) in [6, 6.07) is 24.6. The third kappa shape index (κ3) is 6.10. The van der Waals surface area contributed by atoms with Gasteiger partial charge in [0.05, 0.1) is 10.9 Å². The van der Waals surface area contributed by atoms with E-state index in [-0.39, 0.29) is 35.6 Å². The van der Waals surface area contributed by atoms with Gasteiger partial charge in [0.15, 0.2) is 5.78 Å². The number of hydrogen-bond acceptors (Lipinski definition) is 4. The van der Waals surface area contributed by atoms with E-state index in [0.717, 1.165) is 11.1 Å². The van der Waals surface area contributed by atoms with E-state index in [1.807, 2.05) is 60.7 Å². The first-order valence-electron chi connectivity index (χ1n) is 9.87. The average Bonchev–Trinajstić information content (AvgIpc) is 2.78. The molecule has 31 heavy (non-hydrogen) atoms. The van der Waals surface area contributed by atoms with E-state index in [9.17, 15) is 18.0 Å². The molecule has 1 amide bonds. The molecule has 0 bridgehead atoms. The predicted molar refractivity (Wildman–Crippen MR) is 119 cm³/mol. The highest BCUT2D eigenvalue weighted by Gasteiger charge is 2.18. The maximum absolute atomic E-state index is 12.6. The van der Waals surface area contributed by atoms with Crippen LogP contribution in [0.15, 0.2) is 89.8 Å². The lowest BCUT2D eigenvalue weighted by Crippen LogP contribution is -2.33. The molecule has 0 saturated heterocycles. The zero-order valence-electron chi connectivity index (χ0n) is 17.1. The second kappa shape index (κ2) is 10.1. The van der Waals surface area contributed by atoms with Gasteiger partial charge in [-0.3, -0.25) is 9.59 Å². The number of nitrogens with one attached hydrogen (secondary N) is 2. The predicted octanol–water partition coefficient (Wildman–Crippen LogP) is 3.46. The summed E-state index contributed by atoms with van der Waals surface area (Å²) in [5.41, 5.74) is 2.18. The zero-order valence-corrected chi connectivity index (χ0v) is 17.9. The van der Waals surface area contributed by atoms with Gasteiger partial charge in [0, 0.05) is 18.5 Å². The third-order valence-corrected chi connectivity index (χ3v) is 6.22. The Bertz CT molecular complexity index is 1110. The molecule has 0 radical (unpaired) electrons. The Labute approximate surface area is 182 Å². The molecule has 3 aromatic carbocycles. The van der Waals surface area contributed by atoms with Gasteiger partial charge in [-0.05, 0) is 30.2 Å². The molecule has 0 saturated carbocycles. The van der Waals surface area contributed by atoms with Gasteiger partial charge >= 0.3 is 0 Å². The summed E-state index contributed by atoms with van der Waals surface area (Å²) in [5.74, 6) is -0.498. The van der Waals surface area contributed by atoms with Crippen LogP contribution in [0.5, 0.6) is 0 Å². The van der Waals surface area contributed by atoms with Crippen LogP contribution < -0.4 is 10.0 Å². The van der Waals surface area contributed by atoms with Crippen molar-refractivity contribution in [3.05, 3.63) is 102 Å². The van der Waals surface area contributed by atoms with Crippen molar-refractivity contribution in [2.75, 3.05) is 6.54 Å². The Balaban J connectivity index is 1.64. The van der Waals surface area contributed by atoms with Crippen LogP contribution in [-0.4, -0.2) is 26.7 Å². The number of sulfonamides is 1. The van der Waals surface area contributed by atoms with Crippen molar-refractivity contribution in [1.82, 2.24) is 10.0 Å². The molecule has 3 aromatic rings. The Morgan fingerprint density at radius 1 is 0.839 bits per heavy atom. The summed E-state index contributed by atoms with van der Waals surface area (Å²) in [4.78, 5) is 24.1. The van der Waals surface area contributed by atoms with Crippen LogP contribution >= 0.6 is 0 Å². The molecule has 0 aromatic heterocycles. The van der Waals surface area contributed by atoms with E-state index in [0.29, 0.717) is 5.56 Å². The molecule has 0 aliphatic carbocycles. The first-order valence-corrected chi connectivity index (χ1v) is 11.3. The molecule has 6 nitrogen and oxygen atoms in total. The minimum absolute atomic E-state index is 0.00736. The van der Waals surface area contributed by atoms with Crippen molar-refractivity contribution in [3.8, 4) is 0 Å². The molecule has 0 fully saturated rings. The molecule has 7 heteroatoms. The molecular weight excluding hydrogens is 412 g/mol. The largest absolute Gasteiger partial charge is 0.345 e. The summed E-state index contributed by atoms with van der Waals surface area (Å²) in [6.45, 7) is 1.31. The number of carbonyl (C=O) groups is 2. The average molecular weight is 437 g/mol. The fourth-order valence-corrected chi connectivity index (χ4v) is 4.23. The molecule has 3 rings (SSSR count). The monoisotopic (exact) mass is 436 g/mol.